The number of anilines is 1. The summed E-state index contributed by atoms with van der Waals surface area (Å²) in [5.74, 6) is 0.471. The van der Waals surface area contributed by atoms with Gasteiger partial charge in [0.25, 0.3) is 5.91 Å². The third-order valence-electron chi connectivity index (χ3n) is 2.71. The molecule has 1 amide bonds. The van der Waals surface area contributed by atoms with Crippen LogP contribution in [0.4, 0.5) is 5.69 Å². The molecule has 1 aromatic carbocycles. The van der Waals surface area contributed by atoms with Crippen LogP contribution in [0.15, 0.2) is 18.2 Å². The largest absolute Gasteiger partial charge is 0.399 e. The summed E-state index contributed by atoms with van der Waals surface area (Å²) in [5.41, 5.74) is 7.87. The van der Waals surface area contributed by atoms with Crippen LogP contribution >= 0.6 is 0 Å². The van der Waals surface area contributed by atoms with Crippen LogP contribution in [0.5, 0.6) is 0 Å². The van der Waals surface area contributed by atoms with E-state index >= 15 is 0 Å². The van der Waals surface area contributed by atoms with Crippen LogP contribution in [-0.4, -0.2) is 25.7 Å². The van der Waals surface area contributed by atoms with E-state index in [4.69, 9.17) is 10.5 Å². The Kier molecular flexibility index (Phi) is 6.36. The molecule has 0 aliphatic carbocycles. The highest BCUT2D eigenvalue weighted by Gasteiger charge is 2.08. The Labute approximate surface area is 115 Å². The molecule has 3 N–H and O–H groups in total. The zero-order valence-electron chi connectivity index (χ0n) is 12.0. The van der Waals surface area contributed by atoms with Crippen molar-refractivity contribution in [2.24, 2.45) is 5.92 Å². The smallest absolute Gasteiger partial charge is 0.251 e. The lowest BCUT2D eigenvalue weighted by molar-refractivity contribution is 0.0924. The zero-order chi connectivity index (χ0) is 14.3. The second-order valence-electron chi connectivity index (χ2n) is 5.15. The van der Waals surface area contributed by atoms with Crippen LogP contribution in [0, 0.1) is 12.8 Å². The quantitative estimate of drug-likeness (QED) is 0.587. The lowest BCUT2D eigenvalue weighted by atomic mass is 10.1. The summed E-state index contributed by atoms with van der Waals surface area (Å²) < 4.78 is 5.45. The van der Waals surface area contributed by atoms with Gasteiger partial charge < -0.3 is 15.8 Å². The van der Waals surface area contributed by atoms with Gasteiger partial charge in [-0.15, -0.1) is 0 Å². The van der Waals surface area contributed by atoms with Gasteiger partial charge >= 0.3 is 0 Å². The molecule has 4 heteroatoms. The van der Waals surface area contributed by atoms with Crippen LogP contribution in [0.2, 0.25) is 0 Å². The highest BCUT2D eigenvalue weighted by Crippen LogP contribution is 2.12. The normalized spacial score (nSPS) is 10.7. The van der Waals surface area contributed by atoms with E-state index in [2.05, 4.69) is 19.2 Å². The van der Waals surface area contributed by atoms with E-state index in [1.54, 1.807) is 12.1 Å². The first-order valence-electron chi connectivity index (χ1n) is 6.72. The number of hydrogen-bond donors (Lipinski definition) is 2. The Hall–Kier alpha value is -1.55. The maximum absolute atomic E-state index is 12.0. The summed E-state index contributed by atoms with van der Waals surface area (Å²) in [4.78, 5) is 12.0. The molecule has 0 aromatic heterocycles. The highest BCUT2D eigenvalue weighted by molar-refractivity contribution is 5.96. The zero-order valence-corrected chi connectivity index (χ0v) is 12.0. The average Bonchev–Trinajstić information content (AvgIpc) is 2.36. The number of carbonyl (C=O) groups excluding carboxylic acids is 1. The number of rotatable bonds is 7. The van der Waals surface area contributed by atoms with Gasteiger partial charge in [0.2, 0.25) is 0 Å². The molecule has 0 spiro atoms. The van der Waals surface area contributed by atoms with Gasteiger partial charge in [0, 0.05) is 31.0 Å². The monoisotopic (exact) mass is 264 g/mol. The molecule has 0 bridgehead atoms. The molecule has 0 unspecified atom stereocenters. The number of nitrogens with two attached hydrogens (primary N) is 1. The predicted molar refractivity (Wildman–Crippen MR) is 78.2 cm³/mol. The lowest BCUT2D eigenvalue weighted by Crippen LogP contribution is -2.26. The number of nitrogens with one attached hydrogen (secondary N) is 1. The molecule has 0 fully saturated rings. The molecule has 0 aliphatic heterocycles. The number of hydrogen-bond acceptors (Lipinski definition) is 3. The topological polar surface area (TPSA) is 64.4 Å². The Bertz CT molecular complexity index is 417. The van der Waals surface area contributed by atoms with Crippen molar-refractivity contribution < 1.29 is 9.53 Å². The fourth-order valence-corrected chi connectivity index (χ4v) is 1.67. The second kappa shape index (κ2) is 7.79. The van der Waals surface area contributed by atoms with Crippen molar-refractivity contribution in [3.63, 3.8) is 0 Å². The van der Waals surface area contributed by atoms with Crippen molar-refractivity contribution in [3.8, 4) is 0 Å². The van der Waals surface area contributed by atoms with E-state index in [0.717, 1.165) is 18.6 Å². The van der Waals surface area contributed by atoms with E-state index in [0.29, 0.717) is 30.3 Å². The molecule has 0 saturated carbocycles. The molecule has 0 atom stereocenters. The Morgan fingerprint density at radius 2 is 2.16 bits per heavy atom. The van der Waals surface area contributed by atoms with Gasteiger partial charge in [-0.25, -0.2) is 0 Å². The van der Waals surface area contributed by atoms with Crippen molar-refractivity contribution >= 4 is 11.6 Å². The predicted octanol–water partition coefficient (Wildman–Crippen LogP) is 2.37. The van der Waals surface area contributed by atoms with Crippen LogP contribution in [0.3, 0.4) is 0 Å². The van der Waals surface area contributed by atoms with E-state index in [-0.39, 0.29) is 5.91 Å². The number of nitrogen functional groups attached to an aromatic ring is 1. The summed E-state index contributed by atoms with van der Waals surface area (Å²) in [6.45, 7) is 8.19. The molecule has 1 rings (SSSR count). The molecular formula is C15H24N2O2. The van der Waals surface area contributed by atoms with E-state index < -0.39 is 0 Å². The molecule has 0 saturated heterocycles. The number of ether oxygens (including phenoxy) is 1. The summed E-state index contributed by atoms with van der Waals surface area (Å²) in [7, 11) is 0. The number of carbonyl (C=O) groups is 1. The minimum atomic E-state index is -0.0753. The molecule has 4 nitrogen and oxygen atoms in total. The van der Waals surface area contributed by atoms with Crippen LogP contribution < -0.4 is 11.1 Å². The maximum Gasteiger partial charge on any atom is 0.251 e. The Morgan fingerprint density at radius 3 is 2.84 bits per heavy atom. The SMILES string of the molecule is Cc1ccc(N)cc1C(=O)NCCCOCC(C)C. The molecule has 19 heavy (non-hydrogen) atoms. The van der Waals surface area contributed by atoms with Gasteiger partial charge in [0.1, 0.15) is 0 Å². The minimum Gasteiger partial charge on any atom is -0.399 e. The molecule has 0 heterocycles. The highest BCUT2D eigenvalue weighted by atomic mass is 16.5. The van der Waals surface area contributed by atoms with E-state index in [1.165, 1.54) is 0 Å². The third-order valence-corrected chi connectivity index (χ3v) is 2.71. The average molecular weight is 264 g/mol. The summed E-state index contributed by atoms with van der Waals surface area (Å²) in [6, 6.07) is 5.36. The molecule has 0 aliphatic rings. The molecule has 0 radical (unpaired) electrons. The maximum atomic E-state index is 12.0. The first-order valence-corrected chi connectivity index (χ1v) is 6.72. The summed E-state index contributed by atoms with van der Waals surface area (Å²) in [5, 5.41) is 2.88. The van der Waals surface area contributed by atoms with Crippen LogP contribution in [-0.2, 0) is 4.74 Å². The van der Waals surface area contributed by atoms with Gasteiger partial charge in [-0.05, 0) is 37.0 Å². The molecule has 1 aromatic rings. The second-order valence-corrected chi connectivity index (χ2v) is 5.15. The Balaban J connectivity index is 2.29. The number of benzene rings is 1. The Morgan fingerprint density at radius 1 is 1.42 bits per heavy atom. The minimum absolute atomic E-state index is 0.0753. The van der Waals surface area contributed by atoms with Crippen molar-refractivity contribution in [3.05, 3.63) is 29.3 Å². The third kappa shape index (κ3) is 5.75. The fraction of sp³-hybridized carbons (Fsp3) is 0.533. The van der Waals surface area contributed by atoms with Gasteiger partial charge in [-0.2, -0.15) is 0 Å². The van der Waals surface area contributed by atoms with Gasteiger partial charge in [-0.1, -0.05) is 19.9 Å². The first-order chi connectivity index (χ1) is 9.00. The lowest BCUT2D eigenvalue weighted by Gasteiger charge is -2.09. The number of aryl methyl sites for hydroxylation is 1. The van der Waals surface area contributed by atoms with Crippen molar-refractivity contribution in [1.82, 2.24) is 5.32 Å². The van der Waals surface area contributed by atoms with Crippen LogP contribution in [0.25, 0.3) is 0 Å². The summed E-state index contributed by atoms with van der Waals surface area (Å²) >= 11 is 0. The number of amides is 1. The summed E-state index contributed by atoms with van der Waals surface area (Å²) in [6.07, 6.45) is 0.819. The van der Waals surface area contributed by atoms with E-state index in [1.807, 2.05) is 13.0 Å². The van der Waals surface area contributed by atoms with Crippen molar-refractivity contribution in [1.29, 1.82) is 0 Å². The van der Waals surface area contributed by atoms with Crippen molar-refractivity contribution in [2.45, 2.75) is 27.2 Å². The van der Waals surface area contributed by atoms with Gasteiger partial charge in [-0.3, -0.25) is 4.79 Å². The standard InChI is InChI=1S/C15H24N2O2/c1-11(2)10-19-8-4-7-17-15(18)14-9-13(16)6-5-12(14)3/h5-6,9,11H,4,7-8,10,16H2,1-3H3,(H,17,18). The first kappa shape index (κ1) is 15.5. The van der Waals surface area contributed by atoms with Gasteiger partial charge in [0.05, 0.1) is 0 Å². The van der Waals surface area contributed by atoms with Gasteiger partial charge in [0.15, 0.2) is 0 Å². The molecule has 106 valence electrons. The molecular weight excluding hydrogens is 240 g/mol. The van der Waals surface area contributed by atoms with Crippen molar-refractivity contribution in [2.75, 3.05) is 25.5 Å². The van der Waals surface area contributed by atoms with Crippen LogP contribution in [0.1, 0.15) is 36.2 Å². The van der Waals surface area contributed by atoms with E-state index in [9.17, 15) is 4.79 Å². The fourth-order valence-electron chi connectivity index (χ4n) is 1.67.